The van der Waals surface area contributed by atoms with Crippen molar-refractivity contribution >= 4 is 54.3 Å². The predicted octanol–water partition coefficient (Wildman–Crippen LogP) is 3.26. The van der Waals surface area contributed by atoms with Crippen LogP contribution in [0.1, 0.15) is 27.2 Å². The van der Waals surface area contributed by atoms with Crippen molar-refractivity contribution in [3.8, 4) is 11.5 Å². The monoisotopic (exact) mass is 490 g/mol. The van der Waals surface area contributed by atoms with E-state index in [0.717, 1.165) is 5.69 Å². The Bertz CT molecular complexity index is 903. The summed E-state index contributed by atoms with van der Waals surface area (Å²) in [6.45, 7) is 6.47. The van der Waals surface area contributed by atoms with E-state index in [1.165, 1.54) is 11.8 Å². The first-order valence-corrected chi connectivity index (χ1v) is 12.7. The summed E-state index contributed by atoms with van der Waals surface area (Å²) in [5.41, 5.74) is 0.721. The number of sulfone groups is 1. The number of aliphatic imine (C=N–C) groups is 1. The maximum Gasteiger partial charge on any atom is 0.247 e. The molecule has 7 nitrogen and oxygen atoms in total. The van der Waals surface area contributed by atoms with E-state index in [4.69, 9.17) is 9.47 Å². The van der Waals surface area contributed by atoms with Gasteiger partial charge in [0.25, 0.3) is 0 Å². The molecular formula is C18H23BrN2O5S2. The van der Waals surface area contributed by atoms with Gasteiger partial charge in [-0.2, -0.15) is 4.99 Å². The van der Waals surface area contributed by atoms with Crippen molar-refractivity contribution in [3.63, 3.8) is 0 Å². The van der Waals surface area contributed by atoms with Crippen molar-refractivity contribution in [1.82, 2.24) is 0 Å². The Balaban J connectivity index is 2.08. The third kappa shape index (κ3) is 4.33. The van der Waals surface area contributed by atoms with E-state index in [1.807, 2.05) is 30.9 Å². The Morgan fingerprint density at radius 3 is 2.61 bits per heavy atom. The zero-order valence-corrected chi connectivity index (χ0v) is 19.2. The molecule has 2 atom stereocenters. The number of hydrogen-bond acceptors (Lipinski definition) is 6. The molecule has 2 fully saturated rings. The molecule has 154 valence electrons. The average Bonchev–Trinajstić information content (AvgIpc) is 3.08. The summed E-state index contributed by atoms with van der Waals surface area (Å²) in [7, 11) is -3.12. The molecule has 2 aliphatic rings. The molecule has 0 aliphatic carbocycles. The molecule has 0 unspecified atom stereocenters. The fraction of sp³-hybridized carbons (Fsp3) is 0.556. The molecule has 0 saturated carbocycles. The number of ether oxygens (including phenoxy) is 2. The van der Waals surface area contributed by atoms with Gasteiger partial charge in [-0.3, -0.25) is 4.79 Å². The fourth-order valence-electron chi connectivity index (χ4n) is 3.29. The standard InChI is InChI=1S/C18H23BrN2O5S2/c1-4-16(22)20-18-21(13-9-28(23,24)10-15(13)27-18)11-7-12(19)17(26-6-3)14(8-11)25-5-2/h7-8,13,15H,4-6,9-10H2,1-3H3/t13-,15-/m0/s1. The van der Waals surface area contributed by atoms with Crippen molar-refractivity contribution in [1.29, 1.82) is 0 Å². The quantitative estimate of drug-likeness (QED) is 0.604. The highest BCUT2D eigenvalue weighted by atomic mass is 79.9. The van der Waals surface area contributed by atoms with Crippen LogP contribution in [0.5, 0.6) is 11.5 Å². The van der Waals surface area contributed by atoms with Gasteiger partial charge in [0.05, 0.1) is 35.2 Å². The summed E-state index contributed by atoms with van der Waals surface area (Å²) >= 11 is 4.89. The summed E-state index contributed by atoms with van der Waals surface area (Å²) in [5.74, 6) is 1.06. The highest BCUT2D eigenvalue weighted by Crippen LogP contribution is 2.45. The number of nitrogens with zero attached hydrogens (tertiary/aromatic N) is 2. The number of fused-ring (bicyclic) bond motifs is 1. The SMILES string of the molecule is CCOc1cc(N2C(=NC(=O)CC)S[C@H]3CS(=O)(=O)C[C@@H]32)cc(Br)c1OCC. The molecule has 28 heavy (non-hydrogen) atoms. The molecule has 1 aromatic carbocycles. The maximum absolute atomic E-state index is 12.2. The topological polar surface area (TPSA) is 85.3 Å². The lowest BCUT2D eigenvalue weighted by atomic mass is 10.2. The third-order valence-corrected chi connectivity index (χ3v) is 8.25. The van der Waals surface area contributed by atoms with Crippen LogP contribution in [0.2, 0.25) is 0 Å². The van der Waals surface area contributed by atoms with Gasteiger partial charge in [-0.25, -0.2) is 8.42 Å². The number of anilines is 1. The first-order chi connectivity index (χ1) is 13.3. The molecule has 2 aliphatic heterocycles. The zero-order valence-electron chi connectivity index (χ0n) is 16.0. The first-order valence-electron chi connectivity index (χ1n) is 9.16. The van der Waals surface area contributed by atoms with Crippen molar-refractivity contribution in [2.24, 2.45) is 4.99 Å². The number of carbonyl (C=O) groups excluding carboxylic acids is 1. The van der Waals surface area contributed by atoms with Crippen LogP contribution in [-0.2, 0) is 14.6 Å². The second-order valence-electron chi connectivity index (χ2n) is 6.43. The first kappa shape index (κ1) is 21.4. The Hall–Kier alpha value is -1.26. The van der Waals surface area contributed by atoms with Crippen LogP contribution in [-0.4, -0.2) is 55.5 Å². The lowest BCUT2D eigenvalue weighted by molar-refractivity contribution is -0.117. The molecule has 2 saturated heterocycles. The number of amidine groups is 1. The van der Waals surface area contributed by atoms with Gasteiger partial charge in [-0.1, -0.05) is 18.7 Å². The summed E-state index contributed by atoms with van der Waals surface area (Å²) in [4.78, 5) is 18.1. The number of benzene rings is 1. The van der Waals surface area contributed by atoms with Gasteiger partial charge in [0.1, 0.15) is 0 Å². The minimum Gasteiger partial charge on any atom is -0.490 e. The summed E-state index contributed by atoms with van der Waals surface area (Å²) in [6, 6.07) is 3.41. The second kappa shape index (κ2) is 8.62. The lowest BCUT2D eigenvalue weighted by Gasteiger charge is -2.26. The van der Waals surface area contributed by atoms with Crippen LogP contribution in [0.25, 0.3) is 0 Å². The van der Waals surface area contributed by atoms with Crippen LogP contribution >= 0.6 is 27.7 Å². The van der Waals surface area contributed by atoms with Crippen LogP contribution in [0.3, 0.4) is 0 Å². The number of carbonyl (C=O) groups is 1. The Morgan fingerprint density at radius 2 is 1.96 bits per heavy atom. The minimum absolute atomic E-state index is 0.0405. The smallest absolute Gasteiger partial charge is 0.247 e. The highest BCUT2D eigenvalue weighted by molar-refractivity contribution is 9.10. The normalized spacial score (nSPS) is 24.4. The minimum atomic E-state index is -3.12. The van der Waals surface area contributed by atoms with Gasteiger partial charge >= 0.3 is 0 Å². The third-order valence-electron chi connectivity index (χ3n) is 4.45. The lowest BCUT2D eigenvalue weighted by Crippen LogP contribution is -2.37. The number of hydrogen-bond donors (Lipinski definition) is 0. The van der Waals surface area contributed by atoms with Crippen LogP contribution < -0.4 is 14.4 Å². The molecule has 1 amide bonds. The van der Waals surface area contributed by atoms with Crippen LogP contribution in [0.15, 0.2) is 21.6 Å². The average molecular weight is 491 g/mol. The number of halogens is 1. The van der Waals surface area contributed by atoms with E-state index in [9.17, 15) is 13.2 Å². The van der Waals surface area contributed by atoms with Gasteiger partial charge in [0, 0.05) is 23.4 Å². The number of thioether (sulfide) groups is 1. The molecule has 0 radical (unpaired) electrons. The second-order valence-corrected chi connectivity index (χ2v) is 10.6. The Kier molecular flexibility index (Phi) is 6.61. The highest BCUT2D eigenvalue weighted by Gasteiger charge is 2.49. The molecule has 3 rings (SSSR count). The van der Waals surface area contributed by atoms with Crippen molar-refractivity contribution in [3.05, 3.63) is 16.6 Å². The molecule has 0 N–H and O–H groups in total. The van der Waals surface area contributed by atoms with E-state index in [0.29, 0.717) is 40.8 Å². The largest absolute Gasteiger partial charge is 0.490 e. The van der Waals surface area contributed by atoms with Crippen molar-refractivity contribution in [2.75, 3.05) is 29.6 Å². The summed E-state index contributed by atoms with van der Waals surface area (Å²) in [5, 5.41) is 0.393. The zero-order chi connectivity index (χ0) is 20.5. The maximum atomic E-state index is 12.2. The molecule has 2 heterocycles. The van der Waals surface area contributed by atoms with Gasteiger partial charge in [0.2, 0.25) is 5.91 Å². The van der Waals surface area contributed by atoms with E-state index < -0.39 is 9.84 Å². The molecule has 1 aromatic rings. The van der Waals surface area contributed by atoms with E-state index >= 15 is 0 Å². The van der Waals surface area contributed by atoms with Crippen LogP contribution in [0, 0.1) is 0 Å². The Morgan fingerprint density at radius 1 is 1.25 bits per heavy atom. The van der Waals surface area contributed by atoms with Crippen molar-refractivity contribution < 1.29 is 22.7 Å². The summed E-state index contributed by atoms with van der Waals surface area (Å²) in [6.07, 6.45) is 0.294. The van der Waals surface area contributed by atoms with E-state index in [2.05, 4.69) is 20.9 Å². The molecule has 0 aromatic heterocycles. The van der Waals surface area contributed by atoms with E-state index in [-0.39, 0.29) is 28.7 Å². The van der Waals surface area contributed by atoms with Gasteiger partial charge in [0.15, 0.2) is 26.5 Å². The van der Waals surface area contributed by atoms with Gasteiger partial charge in [-0.15, -0.1) is 0 Å². The molecule has 10 heteroatoms. The molecule has 0 spiro atoms. The van der Waals surface area contributed by atoms with Gasteiger partial charge < -0.3 is 14.4 Å². The van der Waals surface area contributed by atoms with E-state index in [1.54, 1.807) is 6.92 Å². The number of amides is 1. The number of rotatable bonds is 6. The fourth-order valence-corrected chi connectivity index (χ4v) is 7.77. The van der Waals surface area contributed by atoms with Gasteiger partial charge in [-0.05, 0) is 35.8 Å². The molecule has 0 bridgehead atoms. The van der Waals surface area contributed by atoms with Crippen molar-refractivity contribution in [2.45, 2.75) is 38.5 Å². The predicted molar refractivity (Wildman–Crippen MR) is 116 cm³/mol. The summed E-state index contributed by atoms with van der Waals surface area (Å²) < 4.78 is 36.5. The molecular weight excluding hydrogens is 468 g/mol. The van der Waals surface area contributed by atoms with Crippen LogP contribution in [0.4, 0.5) is 5.69 Å². The Labute approximate surface area is 177 Å².